The summed E-state index contributed by atoms with van der Waals surface area (Å²) in [7, 11) is 4.30. The van der Waals surface area contributed by atoms with Crippen LogP contribution in [0.15, 0.2) is 42.7 Å². The van der Waals surface area contributed by atoms with Gasteiger partial charge in [0, 0.05) is 46.7 Å². The third-order valence-electron chi connectivity index (χ3n) is 7.34. The molecule has 3 heterocycles. The molecule has 0 bridgehead atoms. The number of hydrogen-bond donors (Lipinski definition) is 0. The van der Waals surface area contributed by atoms with E-state index in [4.69, 9.17) is 21.4 Å². The van der Waals surface area contributed by atoms with Crippen LogP contribution in [0.25, 0.3) is 11.1 Å². The summed E-state index contributed by atoms with van der Waals surface area (Å²) >= 11 is 6.13. The van der Waals surface area contributed by atoms with Gasteiger partial charge >= 0.3 is 0 Å². The van der Waals surface area contributed by atoms with Gasteiger partial charge in [0.1, 0.15) is 17.6 Å². The van der Waals surface area contributed by atoms with Gasteiger partial charge in [-0.05, 0) is 83.1 Å². The van der Waals surface area contributed by atoms with Crippen LogP contribution in [-0.4, -0.2) is 47.9 Å². The van der Waals surface area contributed by atoms with Crippen molar-refractivity contribution in [3.63, 3.8) is 0 Å². The van der Waals surface area contributed by atoms with Gasteiger partial charge in [-0.2, -0.15) is 10.4 Å². The molecule has 0 radical (unpaired) electrons. The summed E-state index contributed by atoms with van der Waals surface area (Å²) in [6.07, 6.45) is 8.25. The van der Waals surface area contributed by atoms with Gasteiger partial charge in [0.15, 0.2) is 0 Å². The fourth-order valence-corrected chi connectivity index (χ4v) is 5.21. The van der Waals surface area contributed by atoms with Crippen molar-refractivity contribution in [3.8, 4) is 28.7 Å². The standard InChI is InChI=1S/C27H30ClN5O/c1-18-4-6-24-25(32(18)3)8-7-23(27(24)34-26-9-5-21(28)14-19(26)15-29)20-16-30-33(17-20)22-10-12-31(2)13-11-22/h5,7-9,14,16-18,22H,4,6,10-13H2,1-3H3. The SMILES string of the molecule is CC1CCc2c(ccc(-c3cnn(C4CCN(C)CC4)c3)c2Oc2ccc(Cl)cc2C#N)N1C. The van der Waals surface area contributed by atoms with E-state index >= 15 is 0 Å². The Kier molecular flexibility index (Phi) is 6.24. The van der Waals surface area contributed by atoms with Crippen molar-refractivity contribution in [2.75, 3.05) is 32.1 Å². The Morgan fingerprint density at radius 1 is 1.12 bits per heavy atom. The maximum Gasteiger partial charge on any atom is 0.145 e. The van der Waals surface area contributed by atoms with Crippen molar-refractivity contribution in [3.05, 3.63) is 58.9 Å². The second-order valence-corrected chi connectivity index (χ2v) is 9.97. The molecule has 1 atom stereocenters. The van der Waals surface area contributed by atoms with Gasteiger partial charge < -0.3 is 14.5 Å². The number of nitrogens with zero attached hydrogens (tertiary/aromatic N) is 5. The molecular weight excluding hydrogens is 446 g/mol. The van der Waals surface area contributed by atoms with E-state index in [1.807, 2.05) is 6.20 Å². The Morgan fingerprint density at radius 2 is 1.91 bits per heavy atom. The second-order valence-electron chi connectivity index (χ2n) is 9.54. The third-order valence-corrected chi connectivity index (χ3v) is 7.57. The Hall–Kier alpha value is -3.01. The number of aromatic nitrogens is 2. The molecule has 1 saturated heterocycles. The molecule has 5 rings (SSSR count). The first-order valence-electron chi connectivity index (χ1n) is 11.9. The molecule has 1 unspecified atom stereocenters. The number of hydrogen-bond acceptors (Lipinski definition) is 5. The average Bonchev–Trinajstić information content (AvgIpc) is 3.33. The topological polar surface area (TPSA) is 57.3 Å². The molecule has 34 heavy (non-hydrogen) atoms. The number of anilines is 1. The minimum Gasteiger partial charge on any atom is -0.455 e. The van der Waals surface area contributed by atoms with Crippen molar-refractivity contribution in [1.29, 1.82) is 5.26 Å². The fourth-order valence-electron chi connectivity index (χ4n) is 5.04. The first kappa shape index (κ1) is 22.8. The number of likely N-dealkylation sites (tertiary alicyclic amines) is 1. The zero-order valence-corrected chi connectivity index (χ0v) is 20.7. The molecule has 0 spiro atoms. The average molecular weight is 476 g/mol. The van der Waals surface area contributed by atoms with Crippen LogP contribution in [0, 0.1) is 11.3 Å². The monoisotopic (exact) mass is 475 g/mol. The fraction of sp³-hybridized carbons (Fsp3) is 0.407. The molecule has 2 aliphatic rings. The number of halogens is 1. The number of fused-ring (bicyclic) bond motifs is 1. The van der Waals surface area contributed by atoms with E-state index in [-0.39, 0.29) is 0 Å². The Bertz CT molecular complexity index is 1240. The number of ether oxygens (including phenoxy) is 1. The lowest BCUT2D eigenvalue weighted by Crippen LogP contribution is -2.33. The highest BCUT2D eigenvalue weighted by Crippen LogP contribution is 2.45. The summed E-state index contributed by atoms with van der Waals surface area (Å²) in [5.41, 5.74) is 4.80. The van der Waals surface area contributed by atoms with Crippen molar-refractivity contribution in [1.82, 2.24) is 14.7 Å². The van der Waals surface area contributed by atoms with Crippen LogP contribution >= 0.6 is 11.6 Å². The molecule has 1 fully saturated rings. The van der Waals surface area contributed by atoms with Gasteiger partial charge in [0.25, 0.3) is 0 Å². The van der Waals surface area contributed by atoms with E-state index < -0.39 is 0 Å². The summed E-state index contributed by atoms with van der Waals surface area (Å²) in [6, 6.07) is 12.6. The smallest absolute Gasteiger partial charge is 0.145 e. The van der Waals surface area contributed by atoms with Crippen molar-refractivity contribution < 1.29 is 4.74 Å². The summed E-state index contributed by atoms with van der Waals surface area (Å²) in [5, 5.41) is 14.9. The highest BCUT2D eigenvalue weighted by atomic mass is 35.5. The van der Waals surface area contributed by atoms with E-state index in [1.165, 1.54) is 11.3 Å². The second kappa shape index (κ2) is 9.32. The Balaban J connectivity index is 1.58. The molecule has 7 heteroatoms. The normalized spacial score (nSPS) is 19.0. The highest BCUT2D eigenvalue weighted by molar-refractivity contribution is 6.30. The van der Waals surface area contributed by atoms with E-state index in [0.29, 0.717) is 28.4 Å². The van der Waals surface area contributed by atoms with Crippen LogP contribution in [0.4, 0.5) is 5.69 Å². The molecule has 0 N–H and O–H groups in total. The number of rotatable bonds is 4. The number of piperidine rings is 1. The predicted octanol–water partition coefficient (Wildman–Crippen LogP) is 5.91. The first-order chi connectivity index (χ1) is 16.4. The van der Waals surface area contributed by atoms with Crippen molar-refractivity contribution >= 4 is 17.3 Å². The van der Waals surface area contributed by atoms with Gasteiger partial charge in [-0.15, -0.1) is 0 Å². The van der Waals surface area contributed by atoms with Crippen LogP contribution in [0.5, 0.6) is 11.5 Å². The van der Waals surface area contributed by atoms with Crippen LogP contribution < -0.4 is 9.64 Å². The quantitative estimate of drug-likeness (QED) is 0.469. The van der Waals surface area contributed by atoms with Crippen LogP contribution in [-0.2, 0) is 6.42 Å². The van der Waals surface area contributed by atoms with Crippen LogP contribution in [0.1, 0.15) is 43.4 Å². The molecule has 0 aliphatic carbocycles. The van der Waals surface area contributed by atoms with Crippen LogP contribution in [0.2, 0.25) is 5.02 Å². The molecule has 2 aliphatic heterocycles. The summed E-state index contributed by atoms with van der Waals surface area (Å²) in [5.74, 6) is 1.32. The molecule has 176 valence electrons. The largest absolute Gasteiger partial charge is 0.455 e. The van der Waals surface area contributed by atoms with E-state index in [9.17, 15) is 5.26 Å². The lowest BCUT2D eigenvalue weighted by Gasteiger charge is -2.35. The predicted molar refractivity (Wildman–Crippen MR) is 136 cm³/mol. The minimum absolute atomic E-state index is 0.417. The van der Waals surface area contributed by atoms with Crippen molar-refractivity contribution in [2.24, 2.45) is 0 Å². The maximum atomic E-state index is 9.68. The zero-order valence-electron chi connectivity index (χ0n) is 20.0. The number of nitriles is 1. The van der Waals surface area contributed by atoms with Gasteiger partial charge in [-0.25, -0.2) is 0 Å². The van der Waals surface area contributed by atoms with E-state index in [0.717, 1.165) is 55.6 Å². The third kappa shape index (κ3) is 4.26. The van der Waals surface area contributed by atoms with Crippen LogP contribution in [0.3, 0.4) is 0 Å². The van der Waals surface area contributed by atoms with Gasteiger partial charge in [-0.1, -0.05) is 11.6 Å². The summed E-state index contributed by atoms with van der Waals surface area (Å²) < 4.78 is 8.65. The number of benzene rings is 2. The Morgan fingerprint density at radius 3 is 2.68 bits per heavy atom. The Labute approximate surface area is 206 Å². The van der Waals surface area contributed by atoms with Gasteiger partial charge in [-0.3, -0.25) is 4.68 Å². The van der Waals surface area contributed by atoms with E-state index in [1.54, 1.807) is 18.2 Å². The van der Waals surface area contributed by atoms with E-state index in [2.05, 4.69) is 59.9 Å². The molecular formula is C27H30ClN5O. The van der Waals surface area contributed by atoms with Gasteiger partial charge in [0.2, 0.25) is 0 Å². The summed E-state index contributed by atoms with van der Waals surface area (Å²) in [6.45, 7) is 4.42. The zero-order chi connectivity index (χ0) is 23.8. The van der Waals surface area contributed by atoms with Crippen molar-refractivity contribution in [2.45, 2.75) is 44.7 Å². The first-order valence-corrected chi connectivity index (χ1v) is 12.3. The maximum absolute atomic E-state index is 9.68. The molecule has 6 nitrogen and oxygen atoms in total. The molecule has 0 amide bonds. The van der Waals surface area contributed by atoms with Gasteiger partial charge in [0.05, 0.1) is 17.8 Å². The lowest BCUT2D eigenvalue weighted by atomic mass is 9.92. The molecule has 0 saturated carbocycles. The minimum atomic E-state index is 0.417. The highest BCUT2D eigenvalue weighted by Gasteiger charge is 2.27. The summed E-state index contributed by atoms with van der Waals surface area (Å²) in [4.78, 5) is 4.68. The molecule has 3 aromatic rings. The molecule has 1 aromatic heterocycles. The lowest BCUT2D eigenvalue weighted by molar-refractivity contribution is 0.212. The molecule has 2 aromatic carbocycles.